The molecule has 1 aliphatic rings. The molecule has 4 rings (SSSR count). The molecule has 2 aromatic carbocycles. The fourth-order valence-corrected chi connectivity index (χ4v) is 3.78. The van der Waals surface area contributed by atoms with Crippen LogP contribution in [0.4, 0.5) is 5.95 Å². The van der Waals surface area contributed by atoms with Crippen LogP contribution in [-0.4, -0.2) is 41.0 Å². The van der Waals surface area contributed by atoms with E-state index in [1.54, 1.807) is 32.0 Å². The quantitative estimate of drug-likeness (QED) is 0.629. The van der Waals surface area contributed by atoms with Crippen LogP contribution in [0.15, 0.2) is 53.8 Å². The molecule has 31 heavy (non-hydrogen) atoms. The number of aliphatic hydroxyl groups is 1. The summed E-state index contributed by atoms with van der Waals surface area (Å²) < 4.78 is 10.7. The predicted octanol–water partition coefficient (Wildman–Crippen LogP) is 3.71. The van der Waals surface area contributed by atoms with Gasteiger partial charge in [-0.05, 0) is 29.8 Å². The summed E-state index contributed by atoms with van der Waals surface area (Å²) in [5, 5.41) is 10.7. The maximum Gasteiger partial charge on any atom is 0.296 e. The van der Waals surface area contributed by atoms with Crippen LogP contribution in [0, 0.1) is 5.92 Å². The topological polar surface area (TPSA) is 105 Å². The lowest BCUT2D eigenvalue weighted by molar-refractivity contribution is -0.119. The number of carbonyl (C=O) groups excluding carboxylic acids is 2. The number of aliphatic hydroxyl groups excluding tert-OH is 1. The third kappa shape index (κ3) is 3.30. The van der Waals surface area contributed by atoms with Crippen molar-refractivity contribution in [2.24, 2.45) is 5.92 Å². The van der Waals surface area contributed by atoms with Crippen LogP contribution in [0.3, 0.4) is 0 Å². The highest BCUT2D eigenvalue weighted by atomic mass is 16.5. The van der Waals surface area contributed by atoms with E-state index in [-0.39, 0.29) is 17.3 Å². The van der Waals surface area contributed by atoms with E-state index >= 15 is 0 Å². The normalized spacial score (nSPS) is 16.5. The van der Waals surface area contributed by atoms with E-state index in [0.717, 1.165) is 5.52 Å². The molecular formula is C23H23N3O5. The van der Waals surface area contributed by atoms with E-state index in [1.165, 1.54) is 19.1 Å². The highest BCUT2D eigenvalue weighted by molar-refractivity contribution is 6.16. The summed E-state index contributed by atoms with van der Waals surface area (Å²) in [4.78, 5) is 35.1. The summed E-state index contributed by atoms with van der Waals surface area (Å²) in [5.41, 5.74) is 2.02. The molecule has 2 N–H and O–H groups in total. The Morgan fingerprint density at radius 2 is 1.84 bits per heavy atom. The Labute approximate surface area is 179 Å². The number of carbonyl (C=O) groups is 2. The predicted molar refractivity (Wildman–Crippen MR) is 115 cm³/mol. The van der Waals surface area contributed by atoms with Gasteiger partial charge in [0.15, 0.2) is 23.0 Å². The van der Waals surface area contributed by atoms with Gasteiger partial charge >= 0.3 is 0 Å². The van der Waals surface area contributed by atoms with E-state index in [1.807, 2.05) is 24.3 Å². The van der Waals surface area contributed by atoms with Crippen LogP contribution in [0.1, 0.15) is 25.5 Å². The fourth-order valence-electron chi connectivity index (χ4n) is 3.78. The Morgan fingerprint density at radius 3 is 2.48 bits per heavy atom. The second-order valence-electron chi connectivity index (χ2n) is 7.55. The first kappa shape index (κ1) is 20.5. The van der Waals surface area contributed by atoms with Crippen LogP contribution >= 0.6 is 0 Å². The molecule has 1 amide bonds. The van der Waals surface area contributed by atoms with Gasteiger partial charge in [-0.3, -0.25) is 14.5 Å². The van der Waals surface area contributed by atoms with E-state index < -0.39 is 23.6 Å². The van der Waals surface area contributed by atoms with E-state index in [2.05, 4.69) is 9.97 Å². The van der Waals surface area contributed by atoms with Crippen molar-refractivity contribution in [2.45, 2.75) is 19.9 Å². The minimum atomic E-state index is -0.872. The molecule has 1 aromatic heterocycles. The van der Waals surface area contributed by atoms with Gasteiger partial charge in [-0.1, -0.05) is 32.0 Å². The number of rotatable bonds is 6. The molecule has 3 aromatic rings. The molecule has 0 saturated carbocycles. The zero-order chi connectivity index (χ0) is 22.3. The number of benzene rings is 2. The molecule has 0 aliphatic carbocycles. The fraction of sp³-hybridized carbons (Fsp3) is 0.261. The van der Waals surface area contributed by atoms with Crippen molar-refractivity contribution in [1.82, 2.24) is 9.97 Å². The zero-order valence-corrected chi connectivity index (χ0v) is 17.7. The molecule has 1 unspecified atom stereocenters. The van der Waals surface area contributed by atoms with Crippen LogP contribution < -0.4 is 14.4 Å². The maximum atomic E-state index is 13.1. The molecule has 0 saturated heterocycles. The van der Waals surface area contributed by atoms with Crippen molar-refractivity contribution in [2.75, 3.05) is 19.1 Å². The van der Waals surface area contributed by atoms with Gasteiger partial charge in [0.1, 0.15) is 0 Å². The highest BCUT2D eigenvalue weighted by Gasteiger charge is 2.46. The number of aromatic nitrogens is 2. The number of hydrogen-bond donors (Lipinski definition) is 2. The molecule has 0 spiro atoms. The number of ether oxygens (including phenoxy) is 2. The minimum Gasteiger partial charge on any atom is -0.503 e. The van der Waals surface area contributed by atoms with E-state index in [9.17, 15) is 14.7 Å². The summed E-state index contributed by atoms with van der Waals surface area (Å²) >= 11 is 0. The van der Waals surface area contributed by atoms with Gasteiger partial charge in [0.2, 0.25) is 5.95 Å². The summed E-state index contributed by atoms with van der Waals surface area (Å²) in [5.74, 6) is -0.797. The minimum absolute atomic E-state index is 0.0349. The lowest BCUT2D eigenvalue weighted by atomic mass is 9.91. The smallest absolute Gasteiger partial charge is 0.296 e. The Balaban J connectivity index is 1.91. The second-order valence-corrected chi connectivity index (χ2v) is 7.55. The molecule has 0 bridgehead atoms. The number of anilines is 1. The summed E-state index contributed by atoms with van der Waals surface area (Å²) in [6, 6.07) is 11.6. The maximum absolute atomic E-state index is 13.1. The number of fused-ring (bicyclic) bond motifs is 1. The zero-order valence-electron chi connectivity index (χ0n) is 17.7. The Kier molecular flexibility index (Phi) is 5.14. The lowest BCUT2D eigenvalue weighted by Crippen LogP contribution is -2.32. The molecule has 8 nitrogen and oxygen atoms in total. The molecular weight excluding hydrogens is 398 g/mol. The lowest BCUT2D eigenvalue weighted by Gasteiger charge is -2.25. The molecule has 0 fully saturated rings. The summed E-state index contributed by atoms with van der Waals surface area (Å²) in [6.45, 7) is 3.45. The standard InChI is InChI=1S/C23H23N3O5/c1-12(2)20(27)18-19(13-9-10-16(30-3)17(11-13)31-4)26(22(29)21(18)28)23-24-14-7-5-6-8-15(14)25-23/h5-12,19,28H,1-4H3,(H,24,25). The van der Waals surface area contributed by atoms with Gasteiger partial charge in [-0.25, -0.2) is 4.98 Å². The highest BCUT2D eigenvalue weighted by Crippen LogP contribution is 2.43. The number of Topliss-reactive ketones (excluding diaryl/α,β-unsaturated/α-hetero) is 1. The van der Waals surface area contributed by atoms with Gasteiger partial charge in [0.05, 0.1) is 36.9 Å². The second kappa shape index (κ2) is 7.79. The average Bonchev–Trinajstić information content (AvgIpc) is 3.31. The van der Waals surface area contributed by atoms with Crippen molar-refractivity contribution in [3.63, 3.8) is 0 Å². The van der Waals surface area contributed by atoms with Crippen molar-refractivity contribution in [1.29, 1.82) is 0 Å². The third-order valence-corrected chi connectivity index (χ3v) is 5.33. The van der Waals surface area contributed by atoms with E-state index in [4.69, 9.17) is 9.47 Å². The van der Waals surface area contributed by atoms with Crippen molar-refractivity contribution >= 4 is 28.7 Å². The van der Waals surface area contributed by atoms with Gasteiger partial charge in [-0.2, -0.15) is 0 Å². The summed E-state index contributed by atoms with van der Waals surface area (Å²) in [6.07, 6.45) is 0. The number of nitrogens with one attached hydrogen (secondary N) is 1. The monoisotopic (exact) mass is 421 g/mol. The number of amides is 1. The van der Waals surface area contributed by atoms with E-state index in [0.29, 0.717) is 22.6 Å². The molecule has 160 valence electrons. The SMILES string of the molecule is COc1ccc(C2C(C(=O)C(C)C)=C(O)C(=O)N2c2nc3ccccc3[nH]2)cc1OC. The third-order valence-electron chi connectivity index (χ3n) is 5.33. The molecule has 2 heterocycles. The summed E-state index contributed by atoms with van der Waals surface area (Å²) in [7, 11) is 3.03. The van der Waals surface area contributed by atoms with Crippen molar-refractivity contribution < 1.29 is 24.2 Å². The van der Waals surface area contributed by atoms with Gasteiger partial charge in [0, 0.05) is 5.92 Å². The Morgan fingerprint density at radius 1 is 1.13 bits per heavy atom. The first-order valence-electron chi connectivity index (χ1n) is 9.85. The number of nitrogens with zero attached hydrogens (tertiary/aromatic N) is 2. The molecule has 8 heteroatoms. The Bertz CT molecular complexity index is 1180. The first-order valence-corrected chi connectivity index (χ1v) is 9.85. The number of imidazole rings is 1. The van der Waals surface area contributed by atoms with Crippen molar-refractivity contribution in [3.05, 3.63) is 59.4 Å². The van der Waals surface area contributed by atoms with Crippen LogP contribution in [0.2, 0.25) is 0 Å². The molecule has 1 atom stereocenters. The van der Waals surface area contributed by atoms with Crippen molar-refractivity contribution in [3.8, 4) is 11.5 Å². The molecule has 1 aliphatic heterocycles. The van der Waals surface area contributed by atoms with Gasteiger partial charge in [-0.15, -0.1) is 0 Å². The average molecular weight is 421 g/mol. The Hall–Kier alpha value is -3.81. The number of para-hydroxylation sites is 2. The number of H-pyrrole nitrogens is 1. The van der Waals surface area contributed by atoms with Crippen LogP contribution in [0.25, 0.3) is 11.0 Å². The van der Waals surface area contributed by atoms with Crippen LogP contribution in [-0.2, 0) is 9.59 Å². The number of aromatic amines is 1. The first-order chi connectivity index (χ1) is 14.9. The number of methoxy groups -OCH3 is 2. The largest absolute Gasteiger partial charge is 0.503 e. The number of hydrogen-bond acceptors (Lipinski definition) is 6. The number of ketones is 1. The van der Waals surface area contributed by atoms with Gasteiger partial charge < -0.3 is 19.6 Å². The molecule has 0 radical (unpaired) electrons. The van der Waals surface area contributed by atoms with Gasteiger partial charge in [0.25, 0.3) is 5.91 Å². The van der Waals surface area contributed by atoms with Crippen LogP contribution in [0.5, 0.6) is 11.5 Å².